The summed E-state index contributed by atoms with van der Waals surface area (Å²) in [7, 11) is 2.26. The van der Waals surface area contributed by atoms with Crippen molar-refractivity contribution in [3.8, 4) is 0 Å². The van der Waals surface area contributed by atoms with Crippen molar-refractivity contribution in [2.45, 2.75) is 57.5 Å². The second-order valence-electron chi connectivity index (χ2n) is 5.40. The maximum atomic E-state index is 3.69. The Morgan fingerprint density at radius 3 is 2.71 bits per heavy atom. The fourth-order valence-electron chi connectivity index (χ4n) is 2.49. The molecule has 1 aliphatic rings. The van der Waals surface area contributed by atoms with Crippen molar-refractivity contribution in [3.05, 3.63) is 0 Å². The van der Waals surface area contributed by atoms with E-state index in [2.05, 4.69) is 30.4 Å². The van der Waals surface area contributed by atoms with Gasteiger partial charge in [-0.2, -0.15) is 11.8 Å². The van der Waals surface area contributed by atoms with E-state index in [-0.39, 0.29) is 0 Å². The number of nitrogens with zero attached hydrogens (tertiary/aromatic N) is 1. The van der Waals surface area contributed by atoms with Crippen molar-refractivity contribution in [3.63, 3.8) is 0 Å². The molecule has 0 heterocycles. The Labute approximate surface area is 112 Å². The molecular weight excluding hydrogens is 228 g/mol. The zero-order valence-electron chi connectivity index (χ0n) is 11.9. The summed E-state index contributed by atoms with van der Waals surface area (Å²) in [5.41, 5.74) is 0. The van der Waals surface area contributed by atoms with Crippen LogP contribution in [0.2, 0.25) is 0 Å². The van der Waals surface area contributed by atoms with Crippen molar-refractivity contribution >= 4 is 11.8 Å². The number of hydrogen-bond acceptors (Lipinski definition) is 3. The van der Waals surface area contributed by atoms with Crippen LogP contribution in [-0.4, -0.2) is 49.1 Å². The topological polar surface area (TPSA) is 15.3 Å². The van der Waals surface area contributed by atoms with Gasteiger partial charge in [0.2, 0.25) is 0 Å². The van der Waals surface area contributed by atoms with Crippen molar-refractivity contribution in [2.24, 2.45) is 0 Å². The van der Waals surface area contributed by atoms with Crippen LogP contribution in [0.1, 0.15) is 45.4 Å². The molecule has 1 aliphatic carbocycles. The standard InChI is InChI=1S/C14H30N2S/c1-13(9-12-17-3)16(2)11-6-10-15-14-7-4-5-8-14/h13-15H,4-12H2,1-3H3. The van der Waals surface area contributed by atoms with Gasteiger partial charge in [0.1, 0.15) is 0 Å². The van der Waals surface area contributed by atoms with Crippen LogP contribution in [0.25, 0.3) is 0 Å². The van der Waals surface area contributed by atoms with Crippen molar-refractivity contribution in [1.29, 1.82) is 0 Å². The lowest BCUT2D eigenvalue weighted by atomic mass is 10.2. The van der Waals surface area contributed by atoms with Crippen LogP contribution >= 0.6 is 11.8 Å². The van der Waals surface area contributed by atoms with Crippen molar-refractivity contribution in [1.82, 2.24) is 10.2 Å². The molecule has 1 atom stereocenters. The first-order valence-electron chi connectivity index (χ1n) is 7.16. The molecule has 17 heavy (non-hydrogen) atoms. The molecule has 1 fully saturated rings. The average molecular weight is 258 g/mol. The molecule has 0 aromatic carbocycles. The van der Waals surface area contributed by atoms with Gasteiger partial charge >= 0.3 is 0 Å². The molecule has 1 rings (SSSR count). The molecule has 0 saturated heterocycles. The average Bonchev–Trinajstić information content (AvgIpc) is 2.84. The Morgan fingerprint density at radius 1 is 1.35 bits per heavy atom. The quantitative estimate of drug-likeness (QED) is 0.640. The lowest BCUT2D eigenvalue weighted by Crippen LogP contribution is -2.33. The molecular formula is C14H30N2S. The smallest absolute Gasteiger partial charge is 0.00717 e. The largest absolute Gasteiger partial charge is 0.314 e. The van der Waals surface area contributed by atoms with Gasteiger partial charge in [-0.25, -0.2) is 0 Å². The summed E-state index contributed by atoms with van der Waals surface area (Å²) in [6.07, 6.45) is 10.5. The number of hydrogen-bond donors (Lipinski definition) is 1. The second kappa shape index (κ2) is 9.23. The zero-order valence-corrected chi connectivity index (χ0v) is 12.7. The van der Waals surface area contributed by atoms with Crippen LogP contribution in [0.4, 0.5) is 0 Å². The first kappa shape index (κ1) is 15.3. The predicted octanol–water partition coefficient (Wildman–Crippen LogP) is 2.98. The van der Waals surface area contributed by atoms with Gasteiger partial charge in [0.05, 0.1) is 0 Å². The number of nitrogens with one attached hydrogen (secondary N) is 1. The van der Waals surface area contributed by atoms with E-state index in [0.717, 1.165) is 12.1 Å². The third kappa shape index (κ3) is 6.68. The van der Waals surface area contributed by atoms with Crippen LogP contribution in [0.5, 0.6) is 0 Å². The molecule has 0 aliphatic heterocycles. The maximum Gasteiger partial charge on any atom is 0.00717 e. The Balaban J connectivity index is 1.96. The van der Waals surface area contributed by atoms with Crippen LogP contribution in [0.3, 0.4) is 0 Å². The third-order valence-electron chi connectivity index (χ3n) is 3.97. The summed E-state index contributed by atoms with van der Waals surface area (Å²) < 4.78 is 0. The molecule has 3 heteroatoms. The van der Waals surface area contributed by atoms with Crippen molar-refractivity contribution < 1.29 is 0 Å². The minimum Gasteiger partial charge on any atom is -0.314 e. The summed E-state index contributed by atoms with van der Waals surface area (Å²) in [6.45, 7) is 4.78. The van der Waals surface area contributed by atoms with Crippen LogP contribution in [-0.2, 0) is 0 Å². The van der Waals surface area contributed by atoms with E-state index in [1.54, 1.807) is 0 Å². The highest BCUT2D eigenvalue weighted by Crippen LogP contribution is 2.17. The molecule has 0 bridgehead atoms. The van der Waals surface area contributed by atoms with E-state index < -0.39 is 0 Å². The Morgan fingerprint density at radius 2 is 2.06 bits per heavy atom. The molecule has 0 aromatic rings. The molecule has 1 saturated carbocycles. The van der Waals surface area contributed by atoms with E-state index in [4.69, 9.17) is 0 Å². The van der Waals surface area contributed by atoms with E-state index in [9.17, 15) is 0 Å². The normalized spacial score (nSPS) is 19.1. The summed E-state index contributed by atoms with van der Waals surface area (Å²) in [5.74, 6) is 1.28. The van der Waals surface area contributed by atoms with E-state index in [0.29, 0.717) is 0 Å². The molecule has 0 radical (unpaired) electrons. The van der Waals surface area contributed by atoms with Gasteiger partial charge in [-0.15, -0.1) is 0 Å². The SMILES string of the molecule is CSCCC(C)N(C)CCCNC1CCCC1. The lowest BCUT2D eigenvalue weighted by Gasteiger charge is -2.24. The highest BCUT2D eigenvalue weighted by molar-refractivity contribution is 7.98. The molecule has 0 amide bonds. The minimum absolute atomic E-state index is 0.730. The third-order valence-corrected chi connectivity index (χ3v) is 4.61. The summed E-state index contributed by atoms with van der Waals surface area (Å²) in [6, 6.07) is 1.56. The van der Waals surface area contributed by atoms with Crippen molar-refractivity contribution in [2.75, 3.05) is 32.1 Å². The van der Waals surface area contributed by atoms with Gasteiger partial charge in [-0.1, -0.05) is 12.8 Å². The lowest BCUT2D eigenvalue weighted by molar-refractivity contribution is 0.248. The number of thioether (sulfide) groups is 1. The van der Waals surface area contributed by atoms with E-state index in [1.807, 2.05) is 11.8 Å². The molecule has 2 nitrogen and oxygen atoms in total. The molecule has 102 valence electrons. The second-order valence-corrected chi connectivity index (χ2v) is 6.39. The molecule has 0 spiro atoms. The Kier molecular flexibility index (Phi) is 8.33. The highest BCUT2D eigenvalue weighted by Gasteiger charge is 2.13. The van der Waals surface area contributed by atoms with Crippen LogP contribution in [0.15, 0.2) is 0 Å². The predicted molar refractivity (Wildman–Crippen MR) is 80.0 cm³/mol. The van der Waals surface area contributed by atoms with E-state index in [1.165, 1.54) is 57.4 Å². The molecule has 1 unspecified atom stereocenters. The summed E-state index contributed by atoms with van der Waals surface area (Å²) in [4.78, 5) is 2.51. The monoisotopic (exact) mass is 258 g/mol. The van der Waals surface area contributed by atoms with Gasteiger partial charge in [-0.3, -0.25) is 0 Å². The first-order valence-corrected chi connectivity index (χ1v) is 8.56. The van der Waals surface area contributed by atoms with Gasteiger partial charge in [0, 0.05) is 12.1 Å². The summed E-state index contributed by atoms with van der Waals surface area (Å²) in [5, 5.41) is 3.69. The fourth-order valence-corrected chi connectivity index (χ4v) is 3.07. The van der Waals surface area contributed by atoms with Crippen LogP contribution < -0.4 is 5.32 Å². The number of rotatable bonds is 9. The van der Waals surface area contributed by atoms with Gasteiger partial charge < -0.3 is 10.2 Å². The fraction of sp³-hybridized carbons (Fsp3) is 1.00. The Hall–Kier alpha value is 0.270. The van der Waals surface area contributed by atoms with Gasteiger partial charge in [-0.05, 0) is 64.8 Å². The first-order chi connectivity index (χ1) is 8.24. The van der Waals surface area contributed by atoms with E-state index >= 15 is 0 Å². The summed E-state index contributed by atoms with van der Waals surface area (Å²) >= 11 is 1.95. The van der Waals surface area contributed by atoms with Crippen LogP contribution in [0, 0.1) is 0 Å². The van der Waals surface area contributed by atoms with Gasteiger partial charge in [0.25, 0.3) is 0 Å². The Bertz CT molecular complexity index is 181. The molecule has 1 N–H and O–H groups in total. The minimum atomic E-state index is 0.730. The zero-order chi connectivity index (χ0) is 12.5. The maximum absolute atomic E-state index is 3.69. The highest BCUT2D eigenvalue weighted by atomic mass is 32.2. The van der Waals surface area contributed by atoms with Gasteiger partial charge in [0.15, 0.2) is 0 Å². The molecule has 0 aromatic heterocycles.